The van der Waals surface area contributed by atoms with E-state index in [0.29, 0.717) is 16.9 Å². The number of hydrogen-bond donors (Lipinski definition) is 1. The van der Waals surface area contributed by atoms with Gasteiger partial charge in [-0.1, -0.05) is 30.3 Å². The molecule has 0 atom stereocenters. The Bertz CT molecular complexity index is 1230. The normalized spacial score (nSPS) is 14.3. The van der Waals surface area contributed by atoms with Crippen LogP contribution in [0.4, 0.5) is 17.1 Å². The van der Waals surface area contributed by atoms with Crippen molar-refractivity contribution in [3.63, 3.8) is 0 Å². The number of aromatic nitrogens is 1. The first kappa shape index (κ1) is 20.0. The number of non-ortho nitro benzene ring substituents is 1. The number of benzene rings is 2. The molecule has 31 heavy (non-hydrogen) atoms. The van der Waals surface area contributed by atoms with Crippen LogP contribution < -0.4 is 10.2 Å². The molecule has 2 heterocycles. The van der Waals surface area contributed by atoms with Crippen LogP contribution in [0, 0.1) is 17.0 Å². The lowest BCUT2D eigenvalue weighted by atomic mass is 10.00. The van der Waals surface area contributed by atoms with Gasteiger partial charge in [-0.15, -0.1) is 0 Å². The summed E-state index contributed by atoms with van der Waals surface area (Å²) in [7, 11) is 0. The Morgan fingerprint density at radius 1 is 1.10 bits per heavy atom. The van der Waals surface area contributed by atoms with Crippen LogP contribution >= 0.6 is 0 Å². The Hall–Kier alpha value is -4.33. The molecule has 8 nitrogen and oxygen atoms in total. The highest BCUT2D eigenvalue weighted by atomic mass is 16.6. The molecule has 0 unspecified atom stereocenters. The Morgan fingerprint density at radius 2 is 1.84 bits per heavy atom. The van der Waals surface area contributed by atoms with E-state index in [1.54, 1.807) is 6.20 Å². The summed E-state index contributed by atoms with van der Waals surface area (Å²) in [5.41, 5.74) is 3.40. The van der Waals surface area contributed by atoms with E-state index in [1.165, 1.54) is 25.1 Å². The average molecular weight is 414 g/mol. The molecule has 2 amide bonds. The first-order valence-corrected chi connectivity index (χ1v) is 9.50. The summed E-state index contributed by atoms with van der Waals surface area (Å²) in [6.45, 7) is 3.12. The van der Waals surface area contributed by atoms with Crippen LogP contribution in [0.5, 0.6) is 0 Å². The Kier molecular flexibility index (Phi) is 5.04. The number of imide groups is 1. The Balaban J connectivity index is 1.97. The van der Waals surface area contributed by atoms with Crippen LogP contribution in [-0.2, 0) is 9.59 Å². The molecule has 8 heteroatoms. The van der Waals surface area contributed by atoms with Gasteiger partial charge in [-0.3, -0.25) is 24.7 Å². The Morgan fingerprint density at radius 3 is 2.45 bits per heavy atom. The third kappa shape index (κ3) is 3.66. The zero-order chi connectivity index (χ0) is 22.1. The predicted octanol–water partition coefficient (Wildman–Crippen LogP) is 4.17. The maximum atomic E-state index is 13.4. The maximum absolute atomic E-state index is 13.4. The summed E-state index contributed by atoms with van der Waals surface area (Å²) < 4.78 is 0. The number of nitrogens with zero attached hydrogens (tertiary/aromatic N) is 3. The predicted molar refractivity (Wildman–Crippen MR) is 117 cm³/mol. The second-order valence-electron chi connectivity index (χ2n) is 7.05. The van der Waals surface area contributed by atoms with Crippen molar-refractivity contribution in [2.75, 3.05) is 10.2 Å². The van der Waals surface area contributed by atoms with Crippen LogP contribution in [-0.4, -0.2) is 21.7 Å². The fourth-order valence-electron chi connectivity index (χ4n) is 3.49. The number of nitrogens with one attached hydrogen (secondary N) is 1. The number of nitro benzene ring substituents is 1. The summed E-state index contributed by atoms with van der Waals surface area (Å²) in [6.07, 6.45) is 1.65. The molecule has 4 rings (SSSR count). The van der Waals surface area contributed by atoms with Gasteiger partial charge < -0.3 is 5.32 Å². The number of amides is 2. The van der Waals surface area contributed by atoms with Gasteiger partial charge in [0.25, 0.3) is 11.6 Å². The molecule has 1 aromatic heterocycles. The lowest BCUT2D eigenvalue weighted by Gasteiger charge is -2.15. The summed E-state index contributed by atoms with van der Waals surface area (Å²) in [4.78, 5) is 41.6. The molecule has 0 saturated carbocycles. The topological polar surface area (TPSA) is 105 Å². The number of carbonyl (C=O) groups excluding carboxylic acids is 2. The molecule has 1 aliphatic rings. The number of nitro groups is 1. The van der Waals surface area contributed by atoms with Crippen LogP contribution in [0.1, 0.15) is 23.7 Å². The zero-order valence-corrected chi connectivity index (χ0v) is 16.8. The SMILES string of the molecule is CC(=O)N1C(=O)/C(=C(\Nc2ccc(C)nc2)c2ccccc2)c2ccc([N+](=O)[O-])cc21. The van der Waals surface area contributed by atoms with Crippen molar-refractivity contribution >= 4 is 40.1 Å². The molecule has 0 aliphatic carbocycles. The monoisotopic (exact) mass is 414 g/mol. The third-order valence-corrected chi connectivity index (χ3v) is 4.93. The van der Waals surface area contributed by atoms with Crippen LogP contribution in [0.25, 0.3) is 11.3 Å². The van der Waals surface area contributed by atoms with Gasteiger partial charge in [-0.05, 0) is 30.7 Å². The largest absolute Gasteiger partial charge is 0.353 e. The van der Waals surface area contributed by atoms with Crippen molar-refractivity contribution in [3.05, 3.63) is 93.8 Å². The van der Waals surface area contributed by atoms with E-state index in [2.05, 4.69) is 10.3 Å². The van der Waals surface area contributed by atoms with Gasteiger partial charge in [0, 0.05) is 30.3 Å². The molecule has 0 fully saturated rings. The molecular weight excluding hydrogens is 396 g/mol. The molecule has 1 aliphatic heterocycles. The minimum atomic E-state index is -0.556. The molecule has 0 spiro atoms. The zero-order valence-electron chi connectivity index (χ0n) is 16.8. The second-order valence-corrected chi connectivity index (χ2v) is 7.05. The standard InChI is InChI=1S/C23H18N4O4/c1-14-8-9-17(13-24-14)25-22(16-6-4-3-5-7-16)21-19-11-10-18(27(30)31)12-20(19)26(15(2)28)23(21)29/h3-13,25H,1-2H3/b22-21-. The maximum Gasteiger partial charge on any atom is 0.271 e. The molecular formula is C23H18N4O4. The molecule has 154 valence electrons. The van der Waals surface area contributed by atoms with E-state index < -0.39 is 16.7 Å². The van der Waals surface area contributed by atoms with Gasteiger partial charge in [-0.2, -0.15) is 0 Å². The highest BCUT2D eigenvalue weighted by molar-refractivity contribution is 6.43. The van der Waals surface area contributed by atoms with Crippen molar-refractivity contribution in [2.24, 2.45) is 0 Å². The number of pyridine rings is 1. The van der Waals surface area contributed by atoms with E-state index in [-0.39, 0.29) is 16.9 Å². The van der Waals surface area contributed by atoms with E-state index >= 15 is 0 Å². The fourth-order valence-corrected chi connectivity index (χ4v) is 3.49. The number of anilines is 2. The van der Waals surface area contributed by atoms with Gasteiger partial charge in [0.1, 0.15) is 0 Å². The van der Waals surface area contributed by atoms with Crippen LogP contribution in [0.15, 0.2) is 66.9 Å². The highest BCUT2D eigenvalue weighted by Gasteiger charge is 2.38. The smallest absolute Gasteiger partial charge is 0.271 e. The first-order chi connectivity index (χ1) is 14.9. The van der Waals surface area contributed by atoms with Crippen molar-refractivity contribution in [1.29, 1.82) is 0 Å². The molecule has 0 radical (unpaired) electrons. The number of carbonyl (C=O) groups is 2. The van der Waals surface area contributed by atoms with Crippen molar-refractivity contribution < 1.29 is 14.5 Å². The van der Waals surface area contributed by atoms with E-state index in [0.717, 1.165) is 16.2 Å². The lowest BCUT2D eigenvalue weighted by Crippen LogP contribution is -2.31. The molecule has 2 aromatic carbocycles. The van der Waals surface area contributed by atoms with Crippen molar-refractivity contribution in [3.8, 4) is 0 Å². The van der Waals surface area contributed by atoms with Crippen LogP contribution in [0.3, 0.4) is 0 Å². The number of rotatable bonds is 4. The molecule has 0 saturated heterocycles. The molecule has 1 N–H and O–H groups in total. The van der Waals surface area contributed by atoms with E-state index in [9.17, 15) is 19.7 Å². The molecule has 0 bridgehead atoms. The highest BCUT2D eigenvalue weighted by Crippen LogP contribution is 2.42. The summed E-state index contributed by atoms with van der Waals surface area (Å²) in [5, 5.41) is 14.5. The molecule has 3 aromatic rings. The summed E-state index contributed by atoms with van der Waals surface area (Å²) >= 11 is 0. The van der Waals surface area contributed by atoms with Gasteiger partial charge in [0.15, 0.2) is 0 Å². The van der Waals surface area contributed by atoms with E-state index in [1.807, 2.05) is 49.4 Å². The average Bonchev–Trinajstić information content (AvgIpc) is 3.05. The van der Waals surface area contributed by atoms with Gasteiger partial charge in [0.05, 0.1) is 33.8 Å². The number of fused-ring (bicyclic) bond motifs is 1. The fraction of sp³-hybridized carbons (Fsp3) is 0.0870. The minimum absolute atomic E-state index is 0.193. The second kappa shape index (κ2) is 7.83. The minimum Gasteiger partial charge on any atom is -0.353 e. The van der Waals surface area contributed by atoms with Crippen LogP contribution in [0.2, 0.25) is 0 Å². The van der Waals surface area contributed by atoms with Crippen molar-refractivity contribution in [2.45, 2.75) is 13.8 Å². The lowest BCUT2D eigenvalue weighted by molar-refractivity contribution is -0.384. The van der Waals surface area contributed by atoms with Gasteiger partial charge >= 0.3 is 0 Å². The summed E-state index contributed by atoms with van der Waals surface area (Å²) in [5.74, 6) is -1.07. The van der Waals surface area contributed by atoms with E-state index in [4.69, 9.17) is 0 Å². The first-order valence-electron chi connectivity index (χ1n) is 9.50. The number of hydrogen-bond acceptors (Lipinski definition) is 6. The summed E-state index contributed by atoms with van der Waals surface area (Å²) in [6, 6.07) is 17.0. The van der Waals surface area contributed by atoms with Gasteiger partial charge in [-0.25, -0.2) is 4.90 Å². The Labute approximate surface area is 178 Å². The third-order valence-electron chi connectivity index (χ3n) is 4.93. The number of aryl methyl sites for hydroxylation is 1. The van der Waals surface area contributed by atoms with Crippen molar-refractivity contribution in [1.82, 2.24) is 4.98 Å². The van der Waals surface area contributed by atoms with Gasteiger partial charge in [0.2, 0.25) is 5.91 Å². The quantitative estimate of drug-likeness (QED) is 0.390.